The fourth-order valence-corrected chi connectivity index (χ4v) is 1.10. The largest absolute Gasteiger partial charge is 0.274 e. The first-order chi connectivity index (χ1) is 6.15. The molecule has 1 aromatic rings. The van der Waals surface area contributed by atoms with Crippen molar-refractivity contribution < 1.29 is 0 Å². The van der Waals surface area contributed by atoms with Crippen molar-refractivity contribution in [1.82, 2.24) is 9.97 Å². The molecule has 0 aliphatic carbocycles. The van der Waals surface area contributed by atoms with Crippen LogP contribution in [-0.4, -0.2) is 9.97 Å². The molecule has 2 N–H and O–H groups in total. The van der Waals surface area contributed by atoms with E-state index in [1.165, 1.54) is 11.9 Å². The zero-order valence-electron chi connectivity index (χ0n) is 8.03. The molecule has 0 aromatic carbocycles. The molecular formula is C9H13N3S. The molecule has 0 aliphatic heterocycles. The molecule has 1 aromatic heterocycles. The Morgan fingerprint density at radius 1 is 1.31 bits per heavy atom. The SMILES string of the molecule is C/C(SN)=C(\C)c1ncc(C)cn1. The van der Waals surface area contributed by atoms with Gasteiger partial charge in [0, 0.05) is 22.9 Å². The molecular weight excluding hydrogens is 182 g/mol. The van der Waals surface area contributed by atoms with E-state index >= 15 is 0 Å². The van der Waals surface area contributed by atoms with Crippen LogP contribution < -0.4 is 5.14 Å². The summed E-state index contributed by atoms with van der Waals surface area (Å²) in [5.74, 6) is 0.751. The van der Waals surface area contributed by atoms with Crippen molar-refractivity contribution in [2.45, 2.75) is 20.8 Å². The third-order valence-corrected chi connectivity index (χ3v) is 2.48. The Morgan fingerprint density at radius 3 is 2.31 bits per heavy atom. The second-order valence-corrected chi connectivity index (χ2v) is 3.73. The maximum atomic E-state index is 5.44. The lowest BCUT2D eigenvalue weighted by Gasteiger charge is -2.03. The van der Waals surface area contributed by atoms with Gasteiger partial charge >= 0.3 is 0 Å². The summed E-state index contributed by atoms with van der Waals surface area (Å²) in [6.07, 6.45) is 3.61. The standard InChI is InChI=1S/C9H13N3S/c1-6-4-11-9(12-5-6)7(2)8(3)13-10/h4-5H,10H2,1-3H3/b8-7-. The lowest BCUT2D eigenvalue weighted by Crippen LogP contribution is -1.94. The van der Waals surface area contributed by atoms with Crippen LogP contribution in [0.4, 0.5) is 0 Å². The fourth-order valence-electron chi connectivity index (χ4n) is 0.832. The molecule has 1 heterocycles. The van der Waals surface area contributed by atoms with Gasteiger partial charge in [-0.3, -0.25) is 5.14 Å². The molecule has 0 radical (unpaired) electrons. The summed E-state index contributed by atoms with van der Waals surface area (Å²) in [4.78, 5) is 9.46. The zero-order valence-corrected chi connectivity index (χ0v) is 8.85. The van der Waals surface area contributed by atoms with Crippen molar-refractivity contribution in [3.63, 3.8) is 0 Å². The third-order valence-electron chi connectivity index (χ3n) is 1.82. The Labute approximate surface area is 82.6 Å². The maximum absolute atomic E-state index is 5.44. The number of aryl methyl sites for hydroxylation is 1. The molecule has 4 heteroatoms. The summed E-state index contributed by atoms with van der Waals surface area (Å²) < 4.78 is 0. The molecule has 0 saturated carbocycles. The van der Waals surface area contributed by atoms with Crippen molar-refractivity contribution in [2.24, 2.45) is 5.14 Å². The van der Waals surface area contributed by atoms with E-state index in [0.717, 1.165) is 21.9 Å². The first kappa shape index (κ1) is 10.2. The van der Waals surface area contributed by atoms with E-state index in [1.54, 1.807) is 12.4 Å². The van der Waals surface area contributed by atoms with Crippen molar-refractivity contribution in [3.05, 3.63) is 28.7 Å². The van der Waals surface area contributed by atoms with E-state index in [4.69, 9.17) is 5.14 Å². The molecule has 0 amide bonds. The Bertz CT molecular complexity index is 316. The first-order valence-electron chi connectivity index (χ1n) is 3.98. The van der Waals surface area contributed by atoms with Gasteiger partial charge in [0.2, 0.25) is 0 Å². The first-order valence-corrected chi connectivity index (χ1v) is 4.86. The molecule has 0 fully saturated rings. The summed E-state index contributed by atoms with van der Waals surface area (Å²) in [7, 11) is 0. The number of aromatic nitrogens is 2. The smallest absolute Gasteiger partial charge is 0.155 e. The molecule has 0 unspecified atom stereocenters. The van der Waals surface area contributed by atoms with E-state index < -0.39 is 0 Å². The van der Waals surface area contributed by atoms with Crippen LogP contribution in [0.2, 0.25) is 0 Å². The van der Waals surface area contributed by atoms with Gasteiger partial charge in [-0.1, -0.05) is 11.9 Å². The van der Waals surface area contributed by atoms with Crippen LogP contribution in [-0.2, 0) is 0 Å². The number of allylic oxidation sites excluding steroid dienone is 2. The van der Waals surface area contributed by atoms with Crippen molar-refractivity contribution in [1.29, 1.82) is 0 Å². The Balaban J connectivity index is 3.02. The van der Waals surface area contributed by atoms with Crippen molar-refractivity contribution in [2.75, 3.05) is 0 Å². The molecule has 0 aliphatic rings. The average molecular weight is 195 g/mol. The molecule has 0 saturated heterocycles. The molecule has 70 valence electrons. The van der Waals surface area contributed by atoms with Gasteiger partial charge in [0.15, 0.2) is 5.82 Å². The van der Waals surface area contributed by atoms with Crippen LogP contribution in [0.1, 0.15) is 25.2 Å². The monoisotopic (exact) mass is 195 g/mol. The summed E-state index contributed by atoms with van der Waals surface area (Å²) >= 11 is 1.23. The Kier molecular flexibility index (Phi) is 3.45. The predicted octanol–water partition coefficient (Wildman–Crippen LogP) is 2.14. The fraction of sp³-hybridized carbons (Fsp3) is 0.333. The van der Waals surface area contributed by atoms with Gasteiger partial charge in [0.25, 0.3) is 0 Å². The minimum Gasteiger partial charge on any atom is -0.274 e. The second-order valence-electron chi connectivity index (χ2n) is 2.88. The Morgan fingerprint density at radius 2 is 1.85 bits per heavy atom. The normalized spacial score (nSPS) is 12.6. The van der Waals surface area contributed by atoms with E-state index in [-0.39, 0.29) is 0 Å². The van der Waals surface area contributed by atoms with Gasteiger partial charge in [-0.15, -0.1) is 0 Å². The number of hydrogen-bond acceptors (Lipinski definition) is 4. The van der Waals surface area contributed by atoms with Crippen LogP contribution in [0, 0.1) is 6.92 Å². The lowest BCUT2D eigenvalue weighted by molar-refractivity contribution is 1.08. The van der Waals surface area contributed by atoms with Gasteiger partial charge in [0.05, 0.1) is 0 Å². The van der Waals surface area contributed by atoms with Crippen molar-refractivity contribution >= 4 is 17.5 Å². The van der Waals surface area contributed by atoms with E-state index in [1.807, 2.05) is 20.8 Å². The van der Waals surface area contributed by atoms with E-state index in [2.05, 4.69) is 9.97 Å². The number of nitrogens with zero attached hydrogens (tertiary/aromatic N) is 2. The van der Waals surface area contributed by atoms with Gasteiger partial charge < -0.3 is 0 Å². The molecule has 0 bridgehead atoms. The lowest BCUT2D eigenvalue weighted by atomic mass is 10.2. The van der Waals surface area contributed by atoms with Crippen LogP contribution in [0.5, 0.6) is 0 Å². The molecule has 0 spiro atoms. The van der Waals surface area contributed by atoms with E-state index in [9.17, 15) is 0 Å². The van der Waals surface area contributed by atoms with Crippen LogP contribution in [0.3, 0.4) is 0 Å². The summed E-state index contributed by atoms with van der Waals surface area (Å²) in [5, 5.41) is 5.44. The quantitative estimate of drug-likeness (QED) is 0.735. The average Bonchev–Trinajstić information content (AvgIpc) is 2.17. The summed E-state index contributed by atoms with van der Waals surface area (Å²) in [6, 6.07) is 0. The highest BCUT2D eigenvalue weighted by atomic mass is 32.2. The highest BCUT2D eigenvalue weighted by Crippen LogP contribution is 2.19. The van der Waals surface area contributed by atoms with Gasteiger partial charge in [-0.25, -0.2) is 9.97 Å². The van der Waals surface area contributed by atoms with Crippen LogP contribution in [0.15, 0.2) is 17.3 Å². The van der Waals surface area contributed by atoms with Gasteiger partial charge in [-0.05, 0) is 26.3 Å². The van der Waals surface area contributed by atoms with Crippen LogP contribution >= 0.6 is 11.9 Å². The van der Waals surface area contributed by atoms with E-state index in [0.29, 0.717) is 0 Å². The zero-order chi connectivity index (χ0) is 9.84. The Hall–Kier alpha value is -0.870. The van der Waals surface area contributed by atoms with Gasteiger partial charge in [-0.2, -0.15) is 0 Å². The highest BCUT2D eigenvalue weighted by Gasteiger charge is 2.02. The topological polar surface area (TPSA) is 51.8 Å². The highest BCUT2D eigenvalue weighted by molar-refractivity contribution is 8.01. The minimum atomic E-state index is 0.751. The summed E-state index contributed by atoms with van der Waals surface area (Å²) in [6.45, 7) is 5.90. The number of hydrogen-bond donors (Lipinski definition) is 1. The van der Waals surface area contributed by atoms with Gasteiger partial charge in [0.1, 0.15) is 0 Å². The van der Waals surface area contributed by atoms with Crippen LogP contribution in [0.25, 0.3) is 5.57 Å². The van der Waals surface area contributed by atoms with Crippen molar-refractivity contribution in [3.8, 4) is 0 Å². The third kappa shape index (κ3) is 2.54. The molecule has 0 atom stereocenters. The second kappa shape index (κ2) is 4.39. The molecule has 3 nitrogen and oxygen atoms in total. The maximum Gasteiger partial charge on any atom is 0.155 e. The molecule has 13 heavy (non-hydrogen) atoms. The number of rotatable bonds is 2. The molecule has 1 rings (SSSR count). The summed E-state index contributed by atoms with van der Waals surface area (Å²) in [5.41, 5.74) is 2.10. The number of nitrogens with two attached hydrogens (primary N) is 1. The predicted molar refractivity (Wildman–Crippen MR) is 56.8 cm³/mol. The minimum absolute atomic E-state index is 0.751.